The molecule has 21 heavy (non-hydrogen) atoms. The molecule has 1 aromatic rings. The maximum Gasteiger partial charge on any atom is 0.271 e. The van der Waals surface area contributed by atoms with Crippen LogP contribution in [0.15, 0.2) is 29.4 Å². The topological polar surface area (TPSA) is 70.6 Å². The lowest BCUT2D eigenvalue weighted by Gasteiger charge is -2.18. The fourth-order valence-electron chi connectivity index (χ4n) is 2.47. The van der Waals surface area contributed by atoms with Gasteiger partial charge in [-0.05, 0) is 55.9 Å². The molecular formula is C16H21N3O2. The SMILES string of the molecule is CC(=O)Nc1ccc(C(=O)N/N=C2\CCC[C@@H](C)C2)cc1. The highest BCUT2D eigenvalue weighted by atomic mass is 16.2. The van der Waals surface area contributed by atoms with Crippen LogP contribution >= 0.6 is 0 Å². The van der Waals surface area contributed by atoms with Gasteiger partial charge < -0.3 is 5.32 Å². The van der Waals surface area contributed by atoms with Gasteiger partial charge in [0.15, 0.2) is 0 Å². The number of hydrogen-bond donors (Lipinski definition) is 2. The smallest absolute Gasteiger partial charge is 0.271 e. The summed E-state index contributed by atoms with van der Waals surface area (Å²) in [4.78, 5) is 22.9. The van der Waals surface area contributed by atoms with Gasteiger partial charge in [-0.2, -0.15) is 5.10 Å². The molecule has 1 aliphatic rings. The first-order valence-electron chi connectivity index (χ1n) is 7.28. The molecule has 0 saturated heterocycles. The highest BCUT2D eigenvalue weighted by molar-refractivity contribution is 5.96. The van der Waals surface area contributed by atoms with Crippen LogP contribution in [0.1, 0.15) is 49.9 Å². The number of nitrogens with zero attached hydrogens (tertiary/aromatic N) is 1. The van der Waals surface area contributed by atoms with Gasteiger partial charge in [0.05, 0.1) is 0 Å². The number of carbonyl (C=O) groups excluding carboxylic acids is 2. The minimum absolute atomic E-state index is 0.134. The van der Waals surface area contributed by atoms with E-state index in [1.807, 2.05) is 0 Å². The molecule has 1 saturated carbocycles. The first-order valence-corrected chi connectivity index (χ1v) is 7.28. The van der Waals surface area contributed by atoms with E-state index in [9.17, 15) is 9.59 Å². The second-order valence-electron chi connectivity index (χ2n) is 5.58. The van der Waals surface area contributed by atoms with Gasteiger partial charge in [0, 0.05) is 23.9 Å². The average molecular weight is 287 g/mol. The molecule has 0 spiro atoms. The Morgan fingerprint density at radius 2 is 1.95 bits per heavy atom. The van der Waals surface area contributed by atoms with Crippen molar-refractivity contribution < 1.29 is 9.59 Å². The van der Waals surface area contributed by atoms with Crippen LogP contribution in [-0.2, 0) is 4.79 Å². The van der Waals surface area contributed by atoms with Crippen molar-refractivity contribution in [2.45, 2.75) is 39.5 Å². The summed E-state index contributed by atoms with van der Waals surface area (Å²) in [6.45, 7) is 3.65. The number of rotatable bonds is 3. The summed E-state index contributed by atoms with van der Waals surface area (Å²) < 4.78 is 0. The van der Waals surface area contributed by atoms with E-state index in [4.69, 9.17) is 0 Å². The summed E-state index contributed by atoms with van der Waals surface area (Å²) in [6, 6.07) is 6.74. The van der Waals surface area contributed by atoms with Gasteiger partial charge in [0.25, 0.3) is 5.91 Å². The Labute approximate surface area is 124 Å². The number of benzene rings is 1. The Morgan fingerprint density at radius 1 is 1.24 bits per heavy atom. The molecule has 0 radical (unpaired) electrons. The second-order valence-corrected chi connectivity index (χ2v) is 5.58. The molecule has 1 fully saturated rings. The second kappa shape index (κ2) is 7.02. The molecule has 0 heterocycles. The van der Waals surface area contributed by atoms with Crippen LogP contribution in [0.4, 0.5) is 5.69 Å². The average Bonchev–Trinajstić information content (AvgIpc) is 2.45. The van der Waals surface area contributed by atoms with E-state index < -0.39 is 0 Å². The predicted octanol–water partition coefficient (Wildman–Crippen LogP) is 2.94. The van der Waals surface area contributed by atoms with Gasteiger partial charge in [-0.15, -0.1) is 0 Å². The Balaban J connectivity index is 1.93. The van der Waals surface area contributed by atoms with E-state index in [-0.39, 0.29) is 11.8 Å². The molecule has 1 aromatic carbocycles. The quantitative estimate of drug-likeness (QED) is 0.839. The lowest BCUT2D eigenvalue weighted by Crippen LogP contribution is -2.22. The third-order valence-corrected chi connectivity index (χ3v) is 3.53. The highest BCUT2D eigenvalue weighted by Crippen LogP contribution is 2.21. The van der Waals surface area contributed by atoms with Crippen molar-refractivity contribution in [2.75, 3.05) is 5.32 Å². The van der Waals surface area contributed by atoms with Crippen molar-refractivity contribution in [3.63, 3.8) is 0 Å². The predicted molar refractivity (Wildman–Crippen MR) is 83.3 cm³/mol. The summed E-state index contributed by atoms with van der Waals surface area (Å²) in [5.74, 6) is 0.284. The van der Waals surface area contributed by atoms with E-state index in [1.165, 1.54) is 13.3 Å². The zero-order chi connectivity index (χ0) is 15.2. The van der Waals surface area contributed by atoms with Crippen LogP contribution in [-0.4, -0.2) is 17.5 Å². The van der Waals surface area contributed by atoms with Gasteiger partial charge in [0.1, 0.15) is 0 Å². The van der Waals surface area contributed by atoms with E-state index in [2.05, 4.69) is 22.8 Å². The zero-order valence-electron chi connectivity index (χ0n) is 12.5. The third-order valence-electron chi connectivity index (χ3n) is 3.53. The van der Waals surface area contributed by atoms with Crippen molar-refractivity contribution in [3.8, 4) is 0 Å². The molecule has 112 valence electrons. The fraction of sp³-hybridized carbons (Fsp3) is 0.438. The van der Waals surface area contributed by atoms with Crippen molar-refractivity contribution in [3.05, 3.63) is 29.8 Å². The molecule has 0 aromatic heterocycles. The largest absolute Gasteiger partial charge is 0.326 e. The van der Waals surface area contributed by atoms with Crippen molar-refractivity contribution in [1.82, 2.24) is 5.43 Å². The van der Waals surface area contributed by atoms with E-state index >= 15 is 0 Å². The van der Waals surface area contributed by atoms with Crippen LogP contribution in [0.3, 0.4) is 0 Å². The zero-order valence-corrected chi connectivity index (χ0v) is 12.5. The van der Waals surface area contributed by atoms with Gasteiger partial charge >= 0.3 is 0 Å². The maximum absolute atomic E-state index is 12.0. The van der Waals surface area contributed by atoms with E-state index in [0.29, 0.717) is 17.2 Å². The Bertz CT molecular complexity index is 549. The number of hydrazone groups is 1. The van der Waals surface area contributed by atoms with Crippen molar-refractivity contribution in [2.24, 2.45) is 11.0 Å². The van der Waals surface area contributed by atoms with Crippen LogP contribution in [0.25, 0.3) is 0 Å². The molecule has 1 aliphatic carbocycles. The van der Waals surface area contributed by atoms with E-state index in [0.717, 1.165) is 25.0 Å². The molecule has 0 unspecified atom stereocenters. The molecule has 5 nitrogen and oxygen atoms in total. The van der Waals surface area contributed by atoms with Gasteiger partial charge in [-0.25, -0.2) is 5.43 Å². The molecule has 0 bridgehead atoms. The summed E-state index contributed by atoms with van der Waals surface area (Å²) in [6.07, 6.45) is 4.30. The third kappa shape index (κ3) is 4.70. The first-order chi connectivity index (χ1) is 10.0. The molecular weight excluding hydrogens is 266 g/mol. The standard InChI is InChI=1S/C16H21N3O2/c1-11-4-3-5-15(10-11)18-19-16(21)13-6-8-14(9-7-13)17-12(2)20/h6-9,11H,3-5,10H2,1-2H3,(H,17,20)(H,19,21)/b18-15+/t11-/m1/s1. The number of amides is 2. The van der Waals surface area contributed by atoms with Crippen molar-refractivity contribution in [1.29, 1.82) is 0 Å². The highest BCUT2D eigenvalue weighted by Gasteiger charge is 2.14. The minimum atomic E-state index is -0.227. The van der Waals surface area contributed by atoms with Crippen LogP contribution in [0.5, 0.6) is 0 Å². The van der Waals surface area contributed by atoms with Crippen LogP contribution in [0.2, 0.25) is 0 Å². The molecule has 2 rings (SSSR count). The molecule has 0 aliphatic heterocycles. The Morgan fingerprint density at radius 3 is 2.57 bits per heavy atom. The lowest BCUT2D eigenvalue weighted by atomic mass is 9.89. The van der Waals surface area contributed by atoms with Gasteiger partial charge in [0.2, 0.25) is 5.91 Å². The maximum atomic E-state index is 12.0. The lowest BCUT2D eigenvalue weighted by molar-refractivity contribution is -0.114. The summed E-state index contributed by atoms with van der Waals surface area (Å²) >= 11 is 0. The normalized spacial score (nSPS) is 20.1. The number of hydrogen-bond acceptors (Lipinski definition) is 3. The van der Waals surface area contributed by atoms with Gasteiger partial charge in [-0.1, -0.05) is 6.92 Å². The number of nitrogens with one attached hydrogen (secondary N) is 2. The molecule has 1 atom stereocenters. The Kier molecular flexibility index (Phi) is 5.09. The molecule has 5 heteroatoms. The van der Waals surface area contributed by atoms with Crippen LogP contribution in [0, 0.1) is 5.92 Å². The Hall–Kier alpha value is -2.17. The number of carbonyl (C=O) groups is 2. The summed E-state index contributed by atoms with van der Waals surface area (Å²) in [5.41, 5.74) is 4.88. The molecule has 2 N–H and O–H groups in total. The first kappa shape index (κ1) is 15.2. The summed E-state index contributed by atoms with van der Waals surface area (Å²) in [5, 5.41) is 6.89. The minimum Gasteiger partial charge on any atom is -0.326 e. The van der Waals surface area contributed by atoms with Crippen molar-refractivity contribution >= 4 is 23.2 Å². The summed E-state index contributed by atoms with van der Waals surface area (Å²) in [7, 11) is 0. The van der Waals surface area contributed by atoms with Gasteiger partial charge in [-0.3, -0.25) is 9.59 Å². The van der Waals surface area contributed by atoms with E-state index in [1.54, 1.807) is 24.3 Å². The molecule has 2 amide bonds. The fourth-order valence-corrected chi connectivity index (χ4v) is 2.47. The van der Waals surface area contributed by atoms with Crippen LogP contribution < -0.4 is 10.7 Å². The number of anilines is 1. The monoisotopic (exact) mass is 287 g/mol.